The van der Waals surface area contributed by atoms with Gasteiger partial charge in [0.2, 0.25) is 0 Å². The number of carboxylic acids is 1. The van der Waals surface area contributed by atoms with E-state index in [-0.39, 0.29) is 16.4 Å². The average molecular weight is 367 g/mol. The summed E-state index contributed by atoms with van der Waals surface area (Å²) in [4.78, 5) is 25.8. The Morgan fingerprint density at radius 1 is 1.15 bits per heavy atom. The van der Waals surface area contributed by atoms with Gasteiger partial charge in [-0.15, -0.1) is 0 Å². The normalized spacial score (nSPS) is 20.1. The highest BCUT2D eigenvalue weighted by molar-refractivity contribution is 5.92. The maximum absolute atomic E-state index is 12.5. The van der Waals surface area contributed by atoms with Crippen LogP contribution in [0.2, 0.25) is 0 Å². The number of nitrogens with zero attached hydrogens (tertiary/aromatic N) is 1. The first-order valence-corrected chi connectivity index (χ1v) is 9.42. The van der Waals surface area contributed by atoms with Crippen LogP contribution in [-0.4, -0.2) is 24.2 Å². The fraction of sp³-hybridized carbons (Fsp3) is 0.455. The Kier molecular flexibility index (Phi) is 3.78. The second kappa shape index (κ2) is 5.72. The van der Waals surface area contributed by atoms with E-state index in [1.165, 1.54) is 17.3 Å². The molecule has 1 N–H and O–H groups in total. The van der Waals surface area contributed by atoms with Gasteiger partial charge in [-0.1, -0.05) is 27.7 Å². The van der Waals surface area contributed by atoms with Crippen LogP contribution in [0.1, 0.15) is 57.2 Å². The molecule has 0 aliphatic carbocycles. The lowest BCUT2D eigenvalue weighted by molar-refractivity contribution is -0.131. The van der Waals surface area contributed by atoms with Gasteiger partial charge >= 0.3 is 11.6 Å². The van der Waals surface area contributed by atoms with E-state index in [0.29, 0.717) is 5.58 Å². The Balaban J connectivity index is 2.08. The fourth-order valence-electron chi connectivity index (χ4n) is 4.44. The van der Waals surface area contributed by atoms with Gasteiger partial charge in [0.25, 0.3) is 0 Å². The van der Waals surface area contributed by atoms with Crippen LogP contribution < -0.4 is 10.5 Å². The zero-order valence-corrected chi connectivity index (χ0v) is 16.3. The molecule has 4 rings (SSSR count). The molecule has 2 aliphatic rings. The minimum Gasteiger partial charge on any atom is -0.478 e. The predicted molar refractivity (Wildman–Crippen MR) is 107 cm³/mol. The van der Waals surface area contributed by atoms with Crippen molar-refractivity contribution >= 4 is 28.7 Å². The molecule has 0 unspecified atom stereocenters. The largest absolute Gasteiger partial charge is 0.478 e. The third-order valence-corrected chi connectivity index (χ3v) is 6.16. The van der Waals surface area contributed by atoms with E-state index in [1.54, 1.807) is 6.07 Å². The number of aliphatic carboxylic acids is 1. The van der Waals surface area contributed by atoms with Crippen molar-refractivity contribution in [1.82, 2.24) is 0 Å². The summed E-state index contributed by atoms with van der Waals surface area (Å²) in [5.41, 5.74) is 3.96. The first-order chi connectivity index (χ1) is 12.6. The Bertz CT molecular complexity index is 1040. The molecule has 1 aromatic carbocycles. The third-order valence-electron chi connectivity index (χ3n) is 6.16. The first kappa shape index (κ1) is 17.8. The smallest absolute Gasteiger partial charge is 0.343 e. The van der Waals surface area contributed by atoms with Crippen LogP contribution in [0.25, 0.3) is 17.0 Å². The molecule has 27 heavy (non-hydrogen) atoms. The van der Waals surface area contributed by atoms with E-state index in [9.17, 15) is 9.59 Å². The summed E-state index contributed by atoms with van der Waals surface area (Å²) in [6.07, 6.45) is 4.36. The Morgan fingerprint density at radius 2 is 1.81 bits per heavy atom. The minimum absolute atomic E-state index is 0.0371. The minimum atomic E-state index is -1.09. The quantitative estimate of drug-likeness (QED) is 0.640. The summed E-state index contributed by atoms with van der Waals surface area (Å²) in [7, 11) is 0. The molecule has 0 bridgehead atoms. The topological polar surface area (TPSA) is 70.8 Å². The average Bonchev–Trinajstić information content (AvgIpc) is 2.57. The zero-order valence-electron chi connectivity index (χ0n) is 16.3. The molecule has 0 amide bonds. The molecule has 0 radical (unpaired) electrons. The lowest BCUT2D eigenvalue weighted by Gasteiger charge is -2.48. The lowest BCUT2D eigenvalue weighted by atomic mass is 9.69. The van der Waals surface area contributed by atoms with Gasteiger partial charge in [0.05, 0.1) is 5.56 Å². The molecule has 0 saturated heterocycles. The molecule has 2 aliphatic heterocycles. The van der Waals surface area contributed by atoms with Gasteiger partial charge in [0.15, 0.2) is 0 Å². The highest BCUT2D eigenvalue weighted by Gasteiger charge is 2.41. The molecule has 0 atom stereocenters. The molecule has 5 heteroatoms. The summed E-state index contributed by atoms with van der Waals surface area (Å²) in [6.45, 7) is 11.0. The Labute approximate surface area is 158 Å². The zero-order chi connectivity index (χ0) is 19.6. The van der Waals surface area contributed by atoms with Crippen LogP contribution >= 0.6 is 0 Å². The number of benzene rings is 1. The number of rotatable bonds is 2. The molecular formula is C22H25NO4. The van der Waals surface area contributed by atoms with Crippen molar-refractivity contribution in [2.24, 2.45) is 0 Å². The van der Waals surface area contributed by atoms with E-state index >= 15 is 0 Å². The number of carbonyl (C=O) groups is 1. The summed E-state index contributed by atoms with van der Waals surface area (Å²) in [5.74, 6) is -1.09. The Hall–Kier alpha value is -2.56. The number of hydrogen-bond acceptors (Lipinski definition) is 4. The van der Waals surface area contributed by atoms with Crippen LogP contribution in [0, 0.1) is 0 Å². The molecular weight excluding hydrogens is 342 g/mol. The maximum atomic E-state index is 12.5. The standard InChI is InChI=1S/C22H25NO4/c1-21(2)7-9-23-10-8-22(3,4)17-18(23)15(21)12-14-11-13(5-6-16(24)25)20(26)27-19(14)17/h5-6,11-12H,7-10H2,1-4H3,(H,24,25)/b6-5+. The van der Waals surface area contributed by atoms with Crippen molar-refractivity contribution in [3.8, 4) is 0 Å². The Morgan fingerprint density at radius 3 is 2.48 bits per heavy atom. The van der Waals surface area contributed by atoms with Gasteiger partial charge < -0.3 is 14.4 Å². The summed E-state index contributed by atoms with van der Waals surface area (Å²) in [6, 6.07) is 3.89. The molecule has 0 fully saturated rings. The van der Waals surface area contributed by atoms with Crippen molar-refractivity contribution in [1.29, 1.82) is 0 Å². The molecule has 142 valence electrons. The second-order valence-corrected chi connectivity index (χ2v) is 8.98. The van der Waals surface area contributed by atoms with Gasteiger partial charge in [0, 0.05) is 35.8 Å². The van der Waals surface area contributed by atoms with E-state index in [1.807, 2.05) is 0 Å². The number of anilines is 1. The number of carboxylic acid groups (broad SMARTS) is 1. The van der Waals surface area contributed by atoms with Crippen molar-refractivity contribution in [3.63, 3.8) is 0 Å². The molecule has 2 aromatic rings. The van der Waals surface area contributed by atoms with Crippen molar-refractivity contribution < 1.29 is 14.3 Å². The van der Waals surface area contributed by atoms with E-state index < -0.39 is 11.6 Å². The number of hydrogen-bond donors (Lipinski definition) is 1. The van der Waals surface area contributed by atoms with Gasteiger partial charge in [-0.05, 0) is 47.4 Å². The van der Waals surface area contributed by atoms with Crippen LogP contribution in [0.5, 0.6) is 0 Å². The summed E-state index contributed by atoms with van der Waals surface area (Å²) in [5, 5.41) is 9.73. The molecule has 5 nitrogen and oxygen atoms in total. The highest BCUT2D eigenvalue weighted by Crippen LogP contribution is 2.51. The molecule has 1 aromatic heterocycles. The summed E-state index contributed by atoms with van der Waals surface area (Å²) < 4.78 is 5.77. The molecule has 0 saturated carbocycles. The SMILES string of the molecule is CC1(C)CCN2CCC(C)(C)c3c2c1cc1cc(/C=C/C(=O)O)c(=O)oc31. The monoisotopic (exact) mass is 367 g/mol. The van der Waals surface area contributed by atoms with Gasteiger partial charge in [-0.25, -0.2) is 9.59 Å². The van der Waals surface area contributed by atoms with Gasteiger partial charge in [-0.2, -0.15) is 0 Å². The summed E-state index contributed by atoms with van der Waals surface area (Å²) >= 11 is 0. The van der Waals surface area contributed by atoms with Gasteiger partial charge in [0.1, 0.15) is 5.58 Å². The van der Waals surface area contributed by atoms with Crippen molar-refractivity contribution in [2.75, 3.05) is 18.0 Å². The molecule has 0 spiro atoms. The molecule has 3 heterocycles. The van der Waals surface area contributed by atoms with Crippen molar-refractivity contribution in [3.05, 3.63) is 45.3 Å². The van der Waals surface area contributed by atoms with Crippen LogP contribution in [-0.2, 0) is 15.6 Å². The fourth-order valence-corrected chi connectivity index (χ4v) is 4.44. The maximum Gasteiger partial charge on any atom is 0.343 e. The van der Waals surface area contributed by atoms with E-state index in [2.05, 4.69) is 38.7 Å². The highest BCUT2D eigenvalue weighted by atomic mass is 16.4. The van der Waals surface area contributed by atoms with Crippen LogP contribution in [0.3, 0.4) is 0 Å². The third kappa shape index (κ3) is 2.76. The van der Waals surface area contributed by atoms with E-state index in [0.717, 1.165) is 43.0 Å². The second-order valence-electron chi connectivity index (χ2n) is 8.98. The van der Waals surface area contributed by atoms with E-state index in [4.69, 9.17) is 9.52 Å². The predicted octanol–water partition coefficient (Wildman–Crippen LogP) is 4.06. The lowest BCUT2D eigenvalue weighted by Crippen LogP contribution is -2.44. The van der Waals surface area contributed by atoms with Crippen LogP contribution in [0.4, 0.5) is 5.69 Å². The first-order valence-electron chi connectivity index (χ1n) is 9.42. The van der Waals surface area contributed by atoms with Crippen molar-refractivity contribution in [2.45, 2.75) is 51.4 Å². The van der Waals surface area contributed by atoms with Gasteiger partial charge in [-0.3, -0.25) is 0 Å². The van der Waals surface area contributed by atoms with Crippen LogP contribution in [0.15, 0.2) is 27.4 Å². The number of fused-ring (bicyclic) bond motifs is 2.